The lowest BCUT2D eigenvalue weighted by atomic mass is 10.1. The van der Waals surface area contributed by atoms with Gasteiger partial charge in [-0.05, 0) is 96.3 Å². The topological polar surface area (TPSA) is 78.9 Å². The fraction of sp³-hybridized carbons (Fsp3) is 0.632. The van der Waals surface area contributed by atoms with Gasteiger partial charge < -0.3 is 14.2 Å². The first-order valence-electron chi connectivity index (χ1n) is 25.4. The summed E-state index contributed by atoms with van der Waals surface area (Å²) in [6, 6.07) is 0. The first kappa shape index (κ1) is 59.1. The van der Waals surface area contributed by atoms with Gasteiger partial charge in [0.1, 0.15) is 13.2 Å². The molecular formula is C57H92O6. The van der Waals surface area contributed by atoms with Gasteiger partial charge in [-0.15, -0.1) is 0 Å². The van der Waals surface area contributed by atoms with Gasteiger partial charge in [-0.3, -0.25) is 14.4 Å². The van der Waals surface area contributed by atoms with Gasteiger partial charge in [-0.2, -0.15) is 0 Å². The first-order valence-corrected chi connectivity index (χ1v) is 25.4. The smallest absolute Gasteiger partial charge is 0.306 e. The highest BCUT2D eigenvalue weighted by molar-refractivity contribution is 5.71. The highest BCUT2D eigenvalue weighted by Gasteiger charge is 2.19. The van der Waals surface area contributed by atoms with Crippen LogP contribution < -0.4 is 0 Å². The fourth-order valence-corrected chi connectivity index (χ4v) is 6.47. The number of unbranched alkanes of at least 4 members (excludes halogenated alkanes) is 15. The molecule has 0 aromatic heterocycles. The monoisotopic (exact) mass is 873 g/mol. The lowest BCUT2D eigenvalue weighted by Gasteiger charge is -2.18. The maximum Gasteiger partial charge on any atom is 0.306 e. The molecular weight excluding hydrogens is 781 g/mol. The quantitative estimate of drug-likeness (QED) is 0.0263. The van der Waals surface area contributed by atoms with E-state index in [4.69, 9.17) is 14.2 Å². The minimum absolute atomic E-state index is 0.117. The van der Waals surface area contributed by atoms with E-state index < -0.39 is 6.10 Å². The van der Waals surface area contributed by atoms with E-state index in [1.54, 1.807) is 0 Å². The second kappa shape index (κ2) is 50.7. The summed E-state index contributed by atoms with van der Waals surface area (Å²) in [4.78, 5) is 37.9. The standard InChI is InChI=1S/C57H92O6/c1-4-7-10-13-16-19-22-24-26-27-28-29-31-32-35-38-41-44-47-50-56(59)62-53-54(52-61-55(58)49-46-43-40-37-34-21-18-15-12-9-6-3)63-57(60)51-48-45-42-39-36-33-30-25-23-20-17-14-11-8-5-2/h7,10,16-17,19-20,24-26,28-30,32,35-36,39,41,44,54H,4-6,8-9,11-15,18,21-23,27,31,33-34,37-38,40,42-43,45-53H2,1-3H3/b10-7-,19-16-,20-17-,26-24-,29-28-,30-25-,35-32-,39-36-,44-41-/t54-/m1/s1. The van der Waals surface area contributed by atoms with Crippen LogP contribution in [0.4, 0.5) is 0 Å². The summed E-state index contributed by atoms with van der Waals surface area (Å²) in [7, 11) is 0. The molecule has 0 saturated heterocycles. The zero-order valence-electron chi connectivity index (χ0n) is 40.5. The van der Waals surface area contributed by atoms with Gasteiger partial charge in [0.15, 0.2) is 6.10 Å². The molecule has 0 heterocycles. The van der Waals surface area contributed by atoms with Crippen molar-refractivity contribution in [1.29, 1.82) is 0 Å². The molecule has 0 amide bonds. The van der Waals surface area contributed by atoms with Crippen LogP contribution in [0.15, 0.2) is 109 Å². The summed E-state index contributed by atoms with van der Waals surface area (Å²) < 4.78 is 16.7. The number of carbonyl (C=O) groups is 3. The molecule has 6 heteroatoms. The maximum absolute atomic E-state index is 12.8. The van der Waals surface area contributed by atoms with Gasteiger partial charge >= 0.3 is 17.9 Å². The van der Waals surface area contributed by atoms with Gasteiger partial charge in [0, 0.05) is 19.3 Å². The highest BCUT2D eigenvalue weighted by Crippen LogP contribution is 2.13. The van der Waals surface area contributed by atoms with E-state index in [2.05, 4.69) is 118 Å². The van der Waals surface area contributed by atoms with Crippen LogP contribution in [0.25, 0.3) is 0 Å². The Balaban J connectivity index is 4.56. The van der Waals surface area contributed by atoms with Crippen molar-refractivity contribution >= 4 is 17.9 Å². The third-order valence-electron chi connectivity index (χ3n) is 10.3. The van der Waals surface area contributed by atoms with Crippen molar-refractivity contribution in [2.75, 3.05) is 13.2 Å². The molecule has 0 aliphatic rings. The average Bonchev–Trinajstić information content (AvgIpc) is 3.28. The molecule has 0 spiro atoms. The Bertz CT molecular complexity index is 1330. The Morgan fingerprint density at radius 3 is 1.10 bits per heavy atom. The van der Waals surface area contributed by atoms with E-state index in [0.29, 0.717) is 19.3 Å². The minimum atomic E-state index is -0.827. The molecule has 1 atom stereocenters. The van der Waals surface area contributed by atoms with E-state index >= 15 is 0 Å². The largest absolute Gasteiger partial charge is 0.462 e. The van der Waals surface area contributed by atoms with Crippen LogP contribution in [0.2, 0.25) is 0 Å². The second-order valence-electron chi connectivity index (χ2n) is 16.3. The van der Waals surface area contributed by atoms with Gasteiger partial charge in [0.05, 0.1) is 0 Å². The average molecular weight is 873 g/mol. The highest BCUT2D eigenvalue weighted by atomic mass is 16.6. The van der Waals surface area contributed by atoms with E-state index in [9.17, 15) is 14.4 Å². The third-order valence-corrected chi connectivity index (χ3v) is 10.3. The summed E-state index contributed by atoms with van der Waals surface area (Å²) in [6.45, 7) is 6.37. The Labute approximate surface area is 387 Å². The predicted molar refractivity (Wildman–Crippen MR) is 270 cm³/mol. The summed E-state index contributed by atoms with van der Waals surface area (Å²) in [5.41, 5.74) is 0. The van der Waals surface area contributed by atoms with Crippen molar-refractivity contribution in [2.45, 2.75) is 219 Å². The van der Waals surface area contributed by atoms with Crippen LogP contribution in [-0.2, 0) is 28.6 Å². The van der Waals surface area contributed by atoms with E-state index in [0.717, 1.165) is 83.5 Å². The molecule has 0 aromatic carbocycles. The lowest BCUT2D eigenvalue weighted by molar-refractivity contribution is -0.166. The molecule has 0 bridgehead atoms. The number of hydrogen-bond acceptors (Lipinski definition) is 6. The second-order valence-corrected chi connectivity index (χ2v) is 16.3. The SMILES string of the molecule is CC/C=C\C/C=C\C/C=C\C/C=C\C/C=C\C/C=C\CCC(=O)OC[C@@H](COC(=O)CCCCCCCCCCCCC)OC(=O)CCCC/C=C\C/C=C\C/C=C\CCCCC. The Hall–Kier alpha value is -3.93. The van der Waals surface area contributed by atoms with Crippen LogP contribution in [0, 0.1) is 0 Å². The number of carbonyl (C=O) groups excluding carboxylic acids is 3. The zero-order valence-corrected chi connectivity index (χ0v) is 40.5. The lowest BCUT2D eigenvalue weighted by Crippen LogP contribution is -2.30. The van der Waals surface area contributed by atoms with Crippen LogP contribution in [-0.4, -0.2) is 37.2 Å². The van der Waals surface area contributed by atoms with Crippen molar-refractivity contribution in [3.63, 3.8) is 0 Å². The number of hydrogen-bond donors (Lipinski definition) is 0. The van der Waals surface area contributed by atoms with Crippen LogP contribution in [0.5, 0.6) is 0 Å². The third kappa shape index (κ3) is 49.0. The molecule has 0 fully saturated rings. The maximum atomic E-state index is 12.8. The van der Waals surface area contributed by atoms with Crippen LogP contribution in [0.3, 0.4) is 0 Å². The van der Waals surface area contributed by atoms with Crippen molar-refractivity contribution in [2.24, 2.45) is 0 Å². The normalized spacial score (nSPS) is 13.0. The van der Waals surface area contributed by atoms with Crippen molar-refractivity contribution in [3.8, 4) is 0 Å². The summed E-state index contributed by atoms with van der Waals surface area (Å²) in [5, 5.41) is 0. The molecule has 0 rings (SSSR count). The summed E-state index contributed by atoms with van der Waals surface area (Å²) in [6.07, 6.45) is 68.0. The van der Waals surface area contributed by atoms with Crippen molar-refractivity contribution in [1.82, 2.24) is 0 Å². The molecule has 6 nitrogen and oxygen atoms in total. The molecule has 0 aromatic rings. The molecule has 0 N–H and O–H groups in total. The summed E-state index contributed by atoms with van der Waals surface area (Å²) in [5.74, 6) is -1.05. The van der Waals surface area contributed by atoms with Gasteiger partial charge in [0.2, 0.25) is 0 Å². The van der Waals surface area contributed by atoms with Gasteiger partial charge in [-0.1, -0.05) is 207 Å². The van der Waals surface area contributed by atoms with E-state index in [1.165, 1.54) is 77.0 Å². The summed E-state index contributed by atoms with van der Waals surface area (Å²) >= 11 is 0. The van der Waals surface area contributed by atoms with Crippen molar-refractivity contribution in [3.05, 3.63) is 109 Å². The minimum Gasteiger partial charge on any atom is -0.462 e. The Kier molecular flexibility index (Phi) is 47.5. The fourth-order valence-electron chi connectivity index (χ4n) is 6.47. The van der Waals surface area contributed by atoms with Crippen LogP contribution >= 0.6 is 0 Å². The number of allylic oxidation sites excluding steroid dienone is 18. The number of rotatable bonds is 44. The first-order chi connectivity index (χ1) is 31.0. The number of esters is 3. The molecule has 0 aliphatic carbocycles. The molecule has 356 valence electrons. The predicted octanol–water partition coefficient (Wildman–Crippen LogP) is 16.8. The Morgan fingerprint density at radius 2 is 0.651 bits per heavy atom. The molecule has 0 saturated carbocycles. The number of ether oxygens (including phenoxy) is 3. The van der Waals surface area contributed by atoms with Crippen LogP contribution in [0.1, 0.15) is 213 Å². The van der Waals surface area contributed by atoms with Gasteiger partial charge in [0.25, 0.3) is 0 Å². The Morgan fingerprint density at radius 1 is 0.333 bits per heavy atom. The molecule has 63 heavy (non-hydrogen) atoms. The van der Waals surface area contributed by atoms with E-state index in [-0.39, 0.29) is 44.0 Å². The molecule has 0 unspecified atom stereocenters. The zero-order chi connectivity index (χ0) is 45.8. The molecule has 0 aliphatic heterocycles. The van der Waals surface area contributed by atoms with Gasteiger partial charge in [-0.25, -0.2) is 0 Å². The van der Waals surface area contributed by atoms with Crippen molar-refractivity contribution < 1.29 is 28.6 Å². The van der Waals surface area contributed by atoms with E-state index in [1.807, 2.05) is 12.2 Å². The molecule has 0 radical (unpaired) electrons.